The Bertz CT molecular complexity index is 900. The normalized spacial score (nSPS) is 11.3. The Morgan fingerprint density at radius 2 is 1.66 bits per heavy atom. The van der Waals surface area contributed by atoms with E-state index in [1.165, 1.54) is 14.0 Å². The summed E-state index contributed by atoms with van der Waals surface area (Å²) in [5.74, 6) is -1.23. The van der Waals surface area contributed by atoms with Crippen LogP contribution in [0.5, 0.6) is 5.75 Å². The van der Waals surface area contributed by atoms with E-state index in [1.807, 2.05) is 32.9 Å². The Morgan fingerprint density at radius 3 is 2.28 bits per heavy atom. The second-order valence-corrected chi connectivity index (χ2v) is 6.78. The van der Waals surface area contributed by atoms with Gasteiger partial charge in [0.05, 0.1) is 12.7 Å². The van der Waals surface area contributed by atoms with Crippen LogP contribution in [0, 0.1) is 20.8 Å². The van der Waals surface area contributed by atoms with E-state index in [0.717, 1.165) is 16.7 Å². The molecule has 2 aromatic rings. The number of amides is 2. The SMILES string of the molecule is COc1ccccc1C(=O)NCC(=O)O[C@@H](C)C(=O)Nc1c(C)cc(C)cc1C. The minimum atomic E-state index is -1.01. The number of carbonyl (C=O) groups excluding carboxylic acids is 3. The van der Waals surface area contributed by atoms with Crippen LogP contribution >= 0.6 is 0 Å². The Kier molecular flexibility index (Phi) is 7.36. The topological polar surface area (TPSA) is 93.7 Å². The van der Waals surface area contributed by atoms with Gasteiger partial charge in [-0.1, -0.05) is 29.8 Å². The fourth-order valence-corrected chi connectivity index (χ4v) is 2.97. The lowest BCUT2D eigenvalue weighted by Gasteiger charge is -2.17. The summed E-state index contributed by atoms with van der Waals surface area (Å²) in [6.07, 6.45) is -1.01. The highest BCUT2D eigenvalue weighted by Gasteiger charge is 2.20. The van der Waals surface area contributed by atoms with Crippen LogP contribution in [-0.4, -0.2) is 37.5 Å². The third kappa shape index (κ3) is 5.81. The van der Waals surface area contributed by atoms with E-state index in [0.29, 0.717) is 17.0 Å². The van der Waals surface area contributed by atoms with Crippen molar-refractivity contribution in [2.75, 3.05) is 19.0 Å². The van der Waals surface area contributed by atoms with Gasteiger partial charge in [0, 0.05) is 5.69 Å². The van der Waals surface area contributed by atoms with Crippen molar-refractivity contribution in [1.29, 1.82) is 0 Å². The van der Waals surface area contributed by atoms with Crippen molar-refractivity contribution in [3.05, 3.63) is 58.7 Å². The molecular formula is C22H26N2O5. The zero-order valence-electron chi connectivity index (χ0n) is 17.3. The average Bonchev–Trinajstić information content (AvgIpc) is 2.68. The first-order valence-electron chi connectivity index (χ1n) is 9.22. The predicted octanol–water partition coefficient (Wildman–Crippen LogP) is 2.92. The molecule has 2 N–H and O–H groups in total. The van der Waals surface area contributed by atoms with E-state index in [2.05, 4.69) is 10.6 Å². The van der Waals surface area contributed by atoms with Crippen LogP contribution < -0.4 is 15.4 Å². The summed E-state index contributed by atoms with van der Waals surface area (Å²) in [5.41, 5.74) is 3.96. The fourth-order valence-electron chi connectivity index (χ4n) is 2.97. The number of carbonyl (C=O) groups is 3. The Labute approximate surface area is 170 Å². The monoisotopic (exact) mass is 398 g/mol. The van der Waals surface area contributed by atoms with Gasteiger partial charge in [0.2, 0.25) is 0 Å². The van der Waals surface area contributed by atoms with Gasteiger partial charge in [-0.15, -0.1) is 0 Å². The zero-order valence-corrected chi connectivity index (χ0v) is 17.3. The van der Waals surface area contributed by atoms with Crippen LogP contribution in [0.25, 0.3) is 0 Å². The number of nitrogens with one attached hydrogen (secondary N) is 2. The smallest absolute Gasteiger partial charge is 0.326 e. The number of aryl methyl sites for hydroxylation is 3. The van der Waals surface area contributed by atoms with Gasteiger partial charge >= 0.3 is 5.97 Å². The van der Waals surface area contributed by atoms with E-state index in [4.69, 9.17) is 9.47 Å². The van der Waals surface area contributed by atoms with Crippen molar-refractivity contribution in [3.63, 3.8) is 0 Å². The summed E-state index contributed by atoms with van der Waals surface area (Å²) in [6.45, 7) is 6.90. The molecule has 29 heavy (non-hydrogen) atoms. The Hall–Kier alpha value is -3.35. The molecule has 7 heteroatoms. The molecule has 0 radical (unpaired) electrons. The van der Waals surface area contributed by atoms with Gasteiger partial charge < -0.3 is 20.1 Å². The number of benzene rings is 2. The van der Waals surface area contributed by atoms with E-state index in [-0.39, 0.29) is 6.54 Å². The number of esters is 1. The summed E-state index contributed by atoms with van der Waals surface area (Å²) in [5, 5.41) is 5.26. The third-order valence-electron chi connectivity index (χ3n) is 4.35. The van der Waals surface area contributed by atoms with Crippen LogP contribution in [0.3, 0.4) is 0 Å². The van der Waals surface area contributed by atoms with Crippen molar-refractivity contribution in [2.24, 2.45) is 0 Å². The minimum absolute atomic E-state index is 0.305. The molecule has 0 aromatic heterocycles. The molecule has 2 rings (SSSR count). The van der Waals surface area contributed by atoms with Crippen LogP contribution in [-0.2, 0) is 14.3 Å². The summed E-state index contributed by atoms with van der Waals surface area (Å²) >= 11 is 0. The van der Waals surface area contributed by atoms with Crippen molar-refractivity contribution >= 4 is 23.5 Å². The van der Waals surface area contributed by atoms with Crippen LogP contribution in [0.4, 0.5) is 5.69 Å². The van der Waals surface area contributed by atoms with Crippen LogP contribution in [0.15, 0.2) is 36.4 Å². The van der Waals surface area contributed by atoms with Gasteiger partial charge in [0.15, 0.2) is 6.10 Å². The van der Waals surface area contributed by atoms with Gasteiger partial charge in [-0.3, -0.25) is 14.4 Å². The quantitative estimate of drug-likeness (QED) is 0.700. The number of ether oxygens (including phenoxy) is 2. The first-order valence-corrected chi connectivity index (χ1v) is 9.22. The van der Waals surface area contributed by atoms with Crippen LogP contribution in [0.2, 0.25) is 0 Å². The molecule has 0 heterocycles. The van der Waals surface area contributed by atoms with E-state index in [9.17, 15) is 14.4 Å². The molecule has 0 saturated carbocycles. The van der Waals surface area contributed by atoms with E-state index < -0.39 is 23.9 Å². The van der Waals surface area contributed by atoms with E-state index in [1.54, 1.807) is 24.3 Å². The Morgan fingerprint density at radius 1 is 1.03 bits per heavy atom. The molecular weight excluding hydrogens is 372 g/mol. The van der Waals surface area contributed by atoms with Crippen molar-refractivity contribution in [2.45, 2.75) is 33.8 Å². The van der Waals surface area contributed by atoms with Crippen molar-refractivity contribution in [1.82, 2.24) is 5.32 Å². The highest BCUT2D eigenvalue weighted by molar-refractivity contribution is 5.99. The molecule has 0 saturated heterocycles. The first kappa shape index (κ1) is 21.9. The number of hydrogen-bond acceptors (Lipinski definition) is 5. The van der Waals surface area contributed by atoms with Gasteiger partial charge in [-0.25, -0.2) is 0 Å². The third-order valence-corrected chi connectivity index (χ3v) is 4.35. The van der Waals surface area contributed by atoms with Gasteiger partial charge in [0.25, 0.3) is 11.8 Å². The van der Waals surface area contributed by atoms with Gasteiger partial charge in [-0.05, 0) is 51.0 Å². The fraction of sp³-hybridized carbons (Fsp3) is 0.318. The van der Waals surface area contributed by atoms with Crippen molar-refractivity contribution < 1.29 is 23.9 Å². The summed E-state index contributed by atoms with van der Waals surface area (Å²) in [7, 11) is 1.46. The summed E-state index contributed by atoms with van der Waals surface area (Å²) in [6, 6.07) is 10.6. The molecule has 1 atom stereocenters. The number of methoxy groups -OCH3 is 1. The number of hydrogen-bond donors (Lipinski definition) is 2. The molecule has 0 aliphatic rings. The summed E-state index contributed by atoms with van der Waals surface area (Å²) < 4.78 is 10.3. The highest BCUT2D eigenvalue weighted by Crippen LogP contribution is 2.22. The maximum Gasteiger partial charge on any atom is 0.326 e. The molecule has 0 aliphatic heterocycles. The first-order chi connectivity index (χ1) is 13.7. The molecule has 154 valence electrons. The standard InChI is InChI=1S/C22H26N2O5/c1-13-10-14(2)20(15(3)11-13)24-21(26)16(4)29-19(25)12-23-22(27)17-8-6-7-9-18(17)28-5/h6-11,16H,12H2,1-5H3,(H,23,27)(H,24,26)/t16-/m0/s1. The highest BCUT2D eigenvalue weighted by atomic mass is 16.5. The van der Waals surface area contributed by atoms with Crippen LogP contribution in [0.1, 0.15) is 34.0 Å². The molecule has 0 aliphatic carbocycles. The molecule has 2 aromatic carbocycles. The number of rotatable bonds is 7. The lowest BCUT2D eigenvalue weighted by molar-refractivity contribution is -0.152. The largest absolute Gasteiger partial charge is 0.496 e. The molecule has 0 unspecified atom stereocenters. The second-order valence-electron chi connectivity index (χ2n) is 6.78. The molecule has 0 spiro atoms. The van der Waals surface area contributed by atoms with E-state index >= 15 is 0 Å². The zero-order chi connectivity index (χ0) is 21.6. The lowest BCUT2D eigenvalue weighted by Crippen LogP contribution is -2.36. The minimum Gasteiger partial charge on any atom is -0.496 e. The number of anilines is 1. The molecule has 7 nitrogen and oxygen atoms in total. The van der Waals surface area contributed by atoms with Gasteiger partial charge in [-0.2, -0.15) is 0 Å². The lowest BCUT2D eigenvalue weighted by atomic mass is 10.0. The average molecular weight is 398 g/mol. The maximum atomic E-state index is 12.4. The maximum absolute atomic E-state index is 12.4. The summed E-state index contributed by atoms with van der Waals surface area (Å²) in [4.78, 5) is 36.6. The Balaban J connectivity index is 1.90. The molecule has 0 bridgehead atoms. The number of para-hydroxylation sites is 1. The van der Waals surface area contributed by atoms with Crippen molar-refractivity contribution in [3.8, 4) is 5.75 Å². The predicted molar refractivity (Wildman–Crippen MR) is 110 cm³/mol. The van der Waals surface area contributed by atoms with Gasteiger partial charge in [0.1, 0.15) is 12.3 Å². The molecule has 0 fully saturated rings. The second kappa shape index (κ2) is 9.73. The molecule has 2 amide bonds.